The molecule has 0 radical (unpaired) electrons. The summed E-state index contributed by atoms with van der Waals surface area (Å²) in [6, 6.07) is 0.574. The van der Waals surface area contributed by atoms with E-state index in [1.807, 2.05) is 18.7 Å². The normalized spacial score (nSPS) is 25.2. The van der Waals surface area contributed by atoms with Gasteiger partial charge >= 0.3 is 0 Å². The molecule has 1 aromatic rings. The Balaban J connectivity index is 2.20. The first-order valence-electron chi connectivity index (χ1n) is 7.34. The van der Waals surface area contributed by atoms with Gasteiger partial charge in [0, 0.05) is 24.9 Å². The Labute approximate surface area is 116 Å². The highest BCUT2D eigenvalue weighted by Crippen LogP contribution is 2.49. The van der Waals surface area contributed by atoms with Gasteiger partial charge in [0.15, 0.2) is 5.75 Å². The lowest BCUT2D eigenvalue weighted by atomic mass is 9.58. The molecule has 0 amide bonds. The molecule has 1 fully saturated rings. The summed E-state index contributed by atoms with van der Waals surface area (Å²) >= 11 is 0. The van der Waals surface area contributed by atoms with E-state index in [1.165, 1.54) is 0 Å². The van der Waals surface area contributed by atoms with E-state index in [9.17, 15) is 0 Å². The molecule has 0 aliphatic heterocycles. The van der Waals surface area contributed by atoms with Crippen LogP contribution in [0.15, 0.2) is 0 Å². The van der Waals surface area contributed by atoms with Crippen LogP contribution in [0.25, 0.3) is 0 Å². The van der Waals surface area contributed by atoms with Crippen LogP contribution in [0, 0.1) is 19.3 Å². The van der Waals surface area contributed by atoms with Crippen molar-refractivity contribution in [1.82, 2.24) is 15.1 Å². The van der Waals surface area contributed by atoms with Crippen LogP contribution in [0.3, 0.4) is 0 Å². The first-order valence-corrected chi connectivity index (χ1v) is 7.34. The second-order valence-corrected chi connectivity index (χ2v) is 5.75. The Morgan fingerprint density at radius 1 is 1.37 bits per heavy atom. The summed E-state index contributed by atoms with van der Waals surface area (Å²) in [5.74, 6) is 0.980. The zero-order chi connectivity index (χ0) is 14.2. The van der Waals surface area contributed by atoms with Crippen LogP contribution >= 0.6 is 0 Å². The molecule has 19 heavy (non-hydrogen) atoms. The molecule has 2 atom stereocenters. The molecule has 1 aromatic heterocycles. The molecule has 4 nitrogen and oxygen atoms in total. The van der Waals surface area contributed by atoms with Crippen molar-refractivity contribution in [3.63, 3.8) is 0 Å². The Morgan fingerprint density at radius 3 is 2.42 bits per heavy atom. The van der Waals surface area contributed by atoms with Gasteiger partial charge in [-0.3, -0.25) is 4.68 Å². The van der Waals surface area contributed by atoms with Crippen LogP contribution < -0.4 is 10.1 Å². The summed E-state index contributed by atoms with van der Waals surface area (Å²) in [6.07, 6.45) is 3.70. The first kappa shape index (κ1) is 14.4. The van der Waals surface area contributed by atoms with E-state index in [0.717, 1.165) is 36.4 Å². The van der Waals surface area contributed by atoms with Crippen LogP contribution in [-0.2, 0) is 7.05 Å². The summed E-state index contributed by atoms with van der Waals surface area (Å²) in [5.41, 5.74) is 2.38. The zero-order valence-electron chi connectivity index (χ0n) is 13.1. The van der Waals surface area contributed by atoms with Crippen molar-refractivity contribution in [2.45, 2.75) is 59.1 Å². The Morgan fingerprint density at radius 2 is 2.00 bits per heavy atom. The van der Waals surface area contributed by atoms with Gasteiger partial charge in [-0.2, -0.15) is 5.10 Å². The van der Waals surface area contributed by atoms with Crippen molar-refractivity contribution in [3.8, 4) is 5.75 Å². The van der Waals surface area contributed by atoms with Gasteiger partial charge < -0.3 is 10.1 Å². The van der Waals surface area contributed by atoms with Gasteiger partial charge in [-0.15, -0.1) is 0 Å². The molecule has 1 aliphatic rings. The Kier molecular flexibility index (Phi) is 3.90. The molecule has 1 N–H and O–H groups in total. The highest BCUT2D eigenvalue weighted by molar-refractivity contribution is 5.32. The van der Waals surface area contributed by atoms with Gasteiger partial charge in [0.05, 0.1) is 5.69 Å². The molecule has 0 aromatic carbocycles. The average molecular weight is 265 g/mol. The number of ether oxygens (including phenoxy) is 1. The van der Waals surface area contributed by atoms with E-state index < -0.39 is 0 Å². The minimum Gasteiger partial charge on any atom is -0.486 e. The summed E-state index contributed by atoms with van der Waals surface area (Å²) < 4.78 is 8.24. The smallest absolute Gasteiger partial charge is 0.163 e. The lowest BCUT2D eigenvalue weighted by Gasteiger charge is -2.55. The molecular formula is C15H27N3O. The maximum atomic E-state index is 6.34. The largest absolute Gasteiger partial charge is 0.486 e. The maximum Gasteiger partial charge on any atom is 0.163 e. The molecule has 1 aliphatic carbocycles. The topological polar surface area (TPSA) is 39.1 Å². The van der Waals surface area contributed by atoms with Gasteiger partial charge in [0.2, 0.25) is 0 Å². The van der Waals surface area contributed by atoms with Crippen molar-refractivity contribution >= 4 is 0 Å². The Hall–Kier alpha value is -1.03. The van der Waals surface area contributed by atoms with Crippen molar-refractivity contribution in [1.29, 1.82) is 0 Å². The second kappa shape index (κ2) is 5.16. The lowest BCUT2D eigenvalue weighted by Crippen LogP contribution is -2.63. The minimum absolute atomic E-state index is 0.267. The molecule has 0 saturated heterocycles. The van der Waals surface area contributed by atoms with Crippen LogP contribution in [0.2, 0.25) is 0 Å². The molecule has 108 valence electrons. The van der Waals surface area contributed by atoms with Crippen LogP contribution in [-0.4, -0.2) is 29.0 Å². The van der Waals surface area contributed by atoms with E-state index in [0.29, 0.717) is 12.1 Å². The van der Waals surface area contributed by atoms with Crippen LogP contribution in [0.5, 0.6) is 5.75 Å². The van der Waals surface area contributed by atoms with E-state index in [2.05, 4.69) is 38.2 Å². The van der Waals surface area contributed by atoms with Crippen molar-refractivity contribution in [2.75, 3.05) is 7.05 Å². The van der Waals surface area contributed by atoms with Gasteiger partial charge in [0.25, 0.3) is 0 Å². The fraction of sp³-hybridized carbons (Fsp3) is 0.800. The number of hydrogen-bond acceptors (Lipinski definition) is 3. The van der Waals surface area contributed by atoms with E-state index in [4.69, 9.17) is 4.74 Å². The SMILES string of the molecule is CCC1(CC)C(NC)CC1Oc1c(C)nn(C)c1C. The lowest BCUT2D eigenvalue weighted by molar-refractivity contribution is -0.0841. The average Bonchev–Trinajstić information content (AvgIpc) is 2.61. The summed E-state index contributed by atoms with van der Waals surface area (Å²) in [5, 5.41) is 7.88. The maximum absolute atomic E-state index is 6.34. The Bertz CT molecular complexity index is 448. The fourth-order valence-corrected chi connectivity index (χ4v) is 3.58. The van der Waals surface area contributed by atoms with Crippen LogP contribution in [0.1, 0.15) is 44.5 Å². The second-order valence-electron chi connectivity index (χ2n) is 5.75. The summed E-state index contributed by atoms with van der Waals surface area (Å²) in [4.78, 5) is 0. The van der Waals surface area contributed by atoms with Gasteiger partial charge in [-0.05, 0) is 33.7 Å². The highest BCUT2D eigenvalue weighted by atomic mass is 16.5. The minimum atomic E-state index is 0.267. The molecule has 2 rings (SSSR count). The summed E-state index contributed by atoms with van der Waals surface area (Å²) in [7, 11) is 4.03. The molecule has 2 unspecified atom stereocenters. The molecule has 4 heteroatoms. The van der Waals surface area contributed by atoms with Gasteiger partial charge in [-0.25, -0.2) is 0 Å². The number of aryl methyl sites for hydroxylation is 2. The first-order chi connectivity index (χ1) is 9.00. The number of rotatable bonds is 5. The third kappa shape index (κ3) is 2.06. The number of aromatic nitrogens is 2. The van der Waals surface area contributed by atoms with Crippen molar-refractivity contribution in [3.05, 3.63) is 11.4 Å². The van der Waals surface area contributed by atoms with Crippen molar-refractivity contribution in [2.24, 2.45) is 12.5 Å². The van der Waals surface area contributed by atoms with Gasteiger partial charge in [-0.1, -0.05) is 13.8 Å². The van der Waals surface area contributed by atoms with Crippen LogP contribution in [0.4, 0.5) is 0 Å². The third-order valence-electron chi connectivity index (χ3n) is 5.15. The zero-order valence-corrected chi connectivity index (χ0v) is 13.1. The predicted molar refractivity (Wildman–Crippen MR) is 77.6 cm³/mol. The predicted octanol–water partition coefficient (Wildman–Crippen LogP) is 2.58. The molecular weight excluding hydrogens is 238 g/mol. The third-order valence-corrected chi connectivity index (χ3v) is 5.15. The molecule has 0 spiro atoms. The number of nitrogens with zero attached hydrogens (tertiary/aromatic N) is 2. The number of hydrogen-bond donors (Lipinski definition) is 1. The quantitative estimate of drug-likeness (QED) is 0.889. The summed E-state index contributed by atoms with van der Waals surface area (Å²) in [6.45, 7) is 8.64. The van der Waals surface area contributed by atoms with E-state index in [-0.39, 0.29) is 5.41 Å². The monoisotopic (exact) mass is 265 g/mol. The molecule has 0 bridgehead atoms. The van der Waals surface area contributed by atoms with E-state index >= 15 is 0 Å². The standard InChI is InChI=1S/C15H27N3O/c1-7-15(8-2)12(16-5)9-13(15)19-14-10(3)17-18(6)11(14)4/h12-13,16H,7-9H2,1-6H3. The number of nitrogens with one attached hydrogen (secondary N) is 1. The van der Waals surface area contributed by atoms with Crippen molar-refractivity contribution < 1.29 is 4.74 Å². The fourth-order valence-electron chi connectivity index (χ4n) is 3.58. The van der Waals surface area contributed by atoms with Gasteiger partial charge in [0.1, 0.15) is 11.8 Å². The molecule has 1 heterocycles. The van der Waals surface area contributed by atoms with E-state index in [1.54, 1.807) is 0 Å². The highest BCUT2D eigenvalue weighted by Gasteiger charge is 2.53. The molecule has 1 saturated carbocycles.